The molecule has 0 aliphatic heterocycles. The largest absolute Gasteiger partial charge is 0.375 e. The molecule has 1 amide bonds. The molecule has 0 aliphatic rings. The number of nitrogens with one attached hydrogen (secondary N) is 1. The first-order chi connectivity index (χ1) is 8.58. The lowest BCUT2D eigenvalue weighted by atomic mass is 10.2. The van der Waals surface area contributed by atoms with Crippen molar-refractivity contribution in [3.8, 4) is 0 Å². The van der Waals surface area contributed by atoms with Gasteiger partial charge in [-0.05, 0) is 41.1 Å². The summed E-state index contributed by atoms with van der Waals surface area (Å²) in [5.41, 5.74) is 7.35. The van der Waals surface area contributed by atoms with Gasteiger partial charge < -0.3 is 11.1 Å². The minimum atomic E-state index is -0.124. The molecule has 1 aromatic heterocycles. The number of rotatable bonds is 3. The number of amides is 1. The van der Waals surface area contributed by atoms with Gasteiger partial charge in [-0.1, -0.05) is 29.5 Å². The smallest absolute Gasteiger partial charge is 0.263 e. The average Bonchev–Trinajstić information content (AvgIpc) is 2.67. The molecule has 0 atom stereocenters. The number of benzene rings is 1. The molecule has 4 nitrogen and oxygen atoms in total. The van der Waals surface area contributed by atoms with Crippen molar-refractivity contribution in [3.63, 3.8) is 0 Å². The molecule has 0 saturated heterocycles. The number of hydrogen-bond donors (Lipinski definition) is 2. The number of thiazole rings is 1. The van der Waals surface area contributed by atoms with Crippen molar-refractivity contribution in [2.24, 2.45) is 0 Å². The van der Waals surface area contributed by atoms with E-state index in [1.54, 1.807) is 6.92 Å². The summed E-state index contributed by atoms with van der Waals surface area (Å²) in [6.07, 6.45) is 0. The fourth-order valence-electron chi connectivity index (χ4n) is 1.53. The average molecular weight is 373 g/mol. The molecular formula is C12H12IN3OS. The zero-order chi connectivity index (χ0) is 13.1. The van der Waals surface area contributed by atoms with Crippen molar-refractivity contribution in [2.45, 2.75) is 13.5 Å². The molecule has 0 radical (unpaired) electrons. The van der Waals surface area contributed by atoms with Crippen LogP contribution in [0.25, 0.3) is 0 Å². The zero-order valence-electron chi connectivity index (χ0n) is 9.74. The summed E-state index contributed by atoms with van der Waals surface area (Å²) < 4.78 is 1.14. The van der Waals surface area contributed by atoms with Crippen LogP contribution in [0, 0.1) is 10.5 Å². The van der Waals surface area contributed by atoms with Crippen LogP contribution in [0.4, 0.5) is 5.13 Å². The van der Waals surface area contributed by atoms with E-state index in [2.05, 4.69) is 32.9 Å². The second kappa shape index (κ2) is 5.66. The molecule has 0 unspecified atom stereocenters. The second-order valence-electron chi connectivity index (χ2n) is 3.74. The molecule has 1 heterocycles. The van der Waals surface area contributed by atoms with Gasteiger partial charge in [0, 0.05) is 10.1 Å². The third kappa shape index (κ3) is 2.99. The van der Waals surface area contributed by atoms with E-state index < -0.39 is 0 Å². The number of nitrogen functional groups attached to an aromatic ring is 1. The summed E-state index contributed by atoms with van der Waals surface area (Å²) in [7, 11) is 0. The molecule has 94 valence electrons. The molecule has 0 aliphatic carbocycles. The first-order valence-corrected chi connectivity index (χ1v) is 7.22. The number of nitrogens with two attached hydrogens (primary N) is 1. The molecule has 2 aromatic rings. The predicted molar refractivity (Wildman–Crippen MR) is 81.6 cm³/mol. The number of aromatic nitrogens is 1. The first-order valence-electron chi connectivity index (χ1n) is 5.32. The van der Waals surface area contributed by atoms with Crippen LogP contribution in [-0.4, -0.2) is 10.9 Å². The standard InChI is InChI=1S/C12H12IN3OS/c1-7-10(18-12(14)16-7)11(17)15-6-8-4-2-3-5-9(8)13/h2-5H,6H2,1H3,(H2,14,16)(H,15,17). The zero-order valence-corrected chi connectivity index (χ0v) is 12.7. The van der Waals surface area contributed by atoms with E-state index in [4.69, 9.17) is 5.73 Å². The van der Waals surface area contributed by atoms with Crippen molar-refractivity contribution in [1.29, 1.82) is 0 Å². The van der Waals surface area contributed by atoms with E-state index in [0.29, 0.717) is 22.2 Å². The van der Waals surface area contributed by atoms with Crippen LogP contribution >= 0.6 is 33.9 Å². The van der Waals surface area contributed by atoms with Crippen LogP contribution < -0.4 is 11.1 Å². The number of anilines is 1. The molecule has 0 saturated carbocycles. The Hall–Kier alpha value is -1.15. The molecule has 6 heteroatoms. The first kappa shape index (κ1) is 13.3. The second-order valence-corrected chi connectivity index (χ2v) is 5.93. The van der Waals surface area contributed by atoms with E-state index in [0.717, 1.165) is 9.13 Å². The number of carbonyl (C=O) groups excluding carboxylic acids is 1. The molecule has 0 fully saturated rings. The Bertz CT molecular complexity index is 582. The van der Waals surface area contributed by atoms with Gasteiger partial charge >= 0.3 is 0 Å². The lowest BCUT2D eigenvalue weighted by molar-refractivity contribution is 0.0954. The maximum absolute atomic E-state index is 12.0. The van der Waals surface area contributed by atoms with Crippen LogP contribution in [0.3, 0.4) is 0 Å². The maximum atomic E-state index is 12.0. The highest BCUT2D eigenvalue weighted by molar-refractivity contribution is 14.1. The maximum Gasteiger partial charge on any atom is 0.263 e. The third-order valence-electron chi connectivity index (χ3n) is 2.42. The molecule has 2 rings (SSSR count). The minimum Gasteiger partial charge on any atom is -0.375 e. The van der Waals surface area contributed by atoms with E-state index in [1.165, 1.54) is 11.3 Å². The summed E-state index contributed by atoms with van der Waals surface area (Å²) in [5, 5.41) is 3.30. The summed E-state index contributed by atoms with van der Waals surface area (Å²) >= 11 is 3.47. The number of aryl methyl sites for hydroxylation is 1. The van der Waals surface area contributed by atoms with Crippen molar-refractivity contribution < 1.29 is 4.79 Å². The van der Waals surface area contributed by atoms with Gasteiger partial charge in [0.15, 0.2) is 5.13 Å². The van der Waals surface area contributed by atoms with Gasteiger partial charge in [0.05, 0.1) is 5.69 Å². The molecular weight excluding hydrogens is 361 g/mol. The van der Waals surface area contributed by atoms with Crippen molar-refractivity contribution in [1.82, 2.24) is 10.3 Å². The van der Waals surface area contributed by atoms with E-state index >= 15 is 0 Å². The van der Waals surface area contributed by atoms with Crippen molar-refractivity contribution in [2.75, 3.05) is 5.73 Å². The van der Waals surface area contributed by atoms with Gasteiger partial charge in [0.25, 0.3) is 5.91 Å². The van der Waals surface area contributed by atoms with Crippen LogP contribution in [0.1, 0.15) is 20.9 Å². The van der Waals surface area contributed by atoms with E-state index in [9.17, 15) is 4.79 Å². The minimum absolute atomic E-state index is 0.124. The fourth-order valence-corrected chi connectivity index (χ4v) is 2.85. The van der Waals surface area contributed by atoms with E-state index in [1.807, 2.05) is 24.3 Å². The Morgan fingerprint density at radius 3 is 2.83 bits per heavy atom. The topological polar surface area (TPSA) is 68.0 Å². The Balaban J connectivity index is 2.05. The van der Waals surface area contributed by atoms with Gasteiger partial charge in [0.1, 0.15) is 4.88 Å². The van der Waals surface area contributed by atoms with Crippen molar-refractivity contribution >= 4 is 45.0 Å². The third-order valence-corrected chi connectivity index (χ3v) is 4.45. The summed E-state index contributed by atoms with van der Waals surface area (Å²) in [6.45, 7) is 2.29. The SMILES string of the molecule is Cc1nc(N)sc1C(=O)NCc1ccccc1I. The van der Waals surface area contributed by atoms with E-state index in [-0.39, 0.29) is 5.91 Å². The van der Waals surface area contributed by atoms with Gasteiger partial charge in [-0.2, -0.15) is 0 Å². The van der Waals surface area contributed by atoms with Gasteiger partial charge in [-0.3, -0.25) is 4.79 Å². The van der Waals surface area contributed by atoms with Gasteiger partial charge in [-0.25, -0.2) is 4.98 Å². The summed E-state index contributed by atoms with van der Waals surface area (Å²) in [5.74, 6) is -0.124. The van der Waals surface area contributed by atoms with Crippen LogP contribution in [0.15, 0.2) is 24.3 Å². The highest BCUT2D eigenvalue weighted by Crippen LogP contribution is 2.19. The van der Waals surface area contributed by atoms with Gasteiger partial charge in [-0.15, -0.1) is 0 Å². The Morgan fingerprint density at radius 2 is 2.22 bits per heavy atom. The summed E-state index contributed by atoms with van der Waals surface area (Å²) in [6, 6.07) is 7.94. The lowest BCUT2D eigenvalue weighted by Crippen LogP contribution is -2.23. The van der Waals surface area contributed by atoms with Crippen LogP contribution in [0.5, 0.6) is 0 Å². The van der Waals surface area contributed by atoms with Crippen molar-refractivity contribution in [3.05, 3.63) is 44.0 Å². The van der Waals surface area contributed by atoms with Gasteiger partial charge in [0.2, 0.25) is 0 Å². The number of carbonyl (C=O) groups is 1. The predicted octanol–water partition coefficient (Wildman–Crippen LogP) is 2.57. The Kier molecular flexibility index (Phi) is 4.18. The molecule has 18 heavy (non-hydrogen) atoms. The monoisotopic (exact) mass is 373 g/mol. The highest BCUT2D eigenvalue weighted by Gasteiger charge is 2.13. The molecule has 1 aromatic carbocycles. The number of halogens is 1. The fraction of sp³-hybridized carbons (Fsp3) is 0.167. The molecule has 0 bridgehead atoms. The number of hydrogen-bond acceptors (Lipinski definition) is 4. The highest BCUT2D eigenvalue weighted by atomic mass is 127. The normalized spacial score (nSPS) is 10.3. The van der Waals surface area contributed by atoms with Crippen LogP contribution in [0.2, 0.25) is 0 Å². The quantitative estimate of drug-likeness (QED) is 0.813. The number of nitrogens with zero attached hydrogens (tertiary/aromatic N) is 1. The lowest BCUT2D eigenvalue weighted by Gasteiger charge is -2.06. The van der Waals surface area contributed by atoms with Crippen LogP contribution in [-0.2, 0) is 6.54 Å². The summed E-state index contributed by atoms with van der Waals surface area (Å²) in [4.78, 5) is 16.6. The Morgan fingerprint density at radius 1 is 1.50 bits per heavy atom. The molecule has 0 spiro atoms. The molecule has 3 N–H and O–H groups in total. The Labute approximate surface area is 123 Å².